The molecular formula is C17H20N4O7S. The third kappa shape index (κ3) is 5.78. The van der Waals surface area contributed by atoms with Gasteiger partial charge in [0.1, 0.15) is 0 Å². The number of esters is 1. The van der Waals surface area contributed by atoms with Crippen LogP contribution in [-0.2, 0) is 20.5 Å². The Balaban J connectivity index is 2.18. The van der Waals surface area contributed by atoms with Crippen molar-refractivity contribution in [2.45, 2.75) is 12.7 Å². The lowest BCUT2D eigenvalue weighted by Gasteiger charge is -2.13. The van der Waals surface area contributed by atoms with E-state index in [1.54, 1.807) is 19.1 Å². The Kier molecular flexibility index (Phi) is 6.93. The van der Waals surface area contributed by atoms with E-state index in [4.69, 9.17) is 9.47 Å². The Morgan fingerprint density at radius 2 is 1.69 bits per heavy atom. The highest BCUT2D eigenvalue weighted by Gasteiger charge is 2.22. The molecule has 0 radical (unpaired) electrons. The molecule has 0 saturated carbocycles. The summed E-state index contributed by atoms with van der Waals surface area (Å²) in [6, 6.07) is 4.99. The SMILES string of the molecule is COC(=O)c1cccc(C)c1CS(=O)(=O)NC(=O)Nc1nc(OC)cc(OC)n1. The maximum absolute atomic E-state index is 12.4. The fourth-order valence-corrected chi connectivity index (χ4v) is 3.53. The number of carbonyl (C=O) groups is 2. The molecule has 11 nitrogen and oxygen atoms in total. The number of carbonyl (C=O) groups excluding carboxylic acids is 2. The van der Waals surface area contributed by atoms with Gasteiger partial charge in [-0.3, -0.25) is 5.32 Å². The molecule has 0 aliphatic rings. The average Bonchev–Trinajstić information content (AvgIpc) is 2.67. The van der Waals surface area contributed by atoms with Crippen molar-refractivity contribution in [3.8, 4) is 11.8 Å². The lowest BCUT2D eigenvalue weighted by atomic mass is 10.0. The number of aryl methyl sites for hydroxylation is 1. The van der Waals surface area contributed by atoms with E-state index < -0.39 is 27.8 Å². The zero-order valence-electron chi connectivity index (χ0n) is 16.2. The molecule has 0 spiro atoms. The molecule has 1 aromatic carbocycles. The summed E-state index contributed by atoms with van der Waals surface area (Å²) in [7, 11) is -0.252. The molecule has 2 aromatic rings. The van der Waals surface area contributed by atoms with Gasteiger partial charge in [0.25, 0.3) is 0 Å². The van der Waals surface area contributed by atoms with Gasteiger partial charge in [0, 0.05) is 0 Å². The van der Waals surface area contributed by atoms with Gasteiger partial charge in [0.15, 0.2) is 0 Å². The number of rotatable bonds is 7. The summed E-state index contributed by atoms with van der Waals surface area (Å²) < 4.78 is 41.3. The Morgan fingerprint density at radius 3 is 2.24 bits per heavy atom. The van der Waals surface area contributed by atoms with Crippen molar-refractivity contribution < 1.29 is 32.2 Å². The molecule has 0 bridgehead atoms. The molecule has 0 fully saturated rings. The third-order valence-electron chi connectivity index (χ3n) is 3.72. The van der Waals surface area contributed by atoms with Crippen molar-refractivity contribution in [3.05, 3.63) is 41.0 Å². The molecule has 0 aliphatic carbocycles. The van der Waals surface area contributed by atoms with Gasteiger partial charge in [-0.25, -0.2) is 22.7 Å². The van der Waals surface area contributed by atoms with Crippen molar-refractivity contribution in [1.82, 2.24) is 14.7 Å². The zero-order valence-corrected chi connectivity index (χ0v) is 17.0. The number of anilines is 1. The summed E-state index contributed by atoms with van der Waals surface area (Å²) in [5.74, 6) is -1.30. The second kappa shape index (κ2) is 9.19. The first-order valence-corrected chi connectivity index (χ1v) is 9.79. The monoisotopic (exact) mass is 424 g/mol. The summed E-state index contributed by atoms with van der Waals surface area (Å²) in [4.78, 5) is 31.8. The topological polar surface area (TPSA) is 146 Å². The molecule has 2 rings (SSSR count). The molecular weight excluding hydrogens is 404 g/mol. The minimum atomic E-state index is -4.16. The van der Waals surface area contributed by atoms with Gasteiger partial charge in [-0.1, -0.05) is 12.1 Å². The van der Waals surface area contributed by atoms with Crippen LogP contribution in [0.5, 0.6) is 11.8 Å². The van der Waals surface area contributed by atoms with E-state index in [1.807, 2.05) is 4.72 Å². The quantitative estimate of drug-likeness (QED) is 0.627. The van der Waals surface area contributed by atoms with Crippen LogP contribution in [0.4, 0.5) is 10.7 Å². The van der Waals surface area contributed by atoms with E-state index in [0.29, 0.717) is 5.56 Å². The lowest BCUT2D eigenvalue weighted by Crippen LogP contribution is -2.36. The molecule has 2 amide bonds. The van der Waals surface area contributed by atoms with Crippen molar-refractivity contribution in [2.75, 3.05) is 26.6 Å². The van der Waals surface area contributed by atoms with Gasteiger partial charge >= 0.3 is 12.0 Å². The highest BCUT2D eigenvalue weighted by Crippen LogP contribution is 2.19. The van der Waals surface area contributed by atoms with Crippen LogP contribution in [0.1, 0.15) is 21.5 Å². The fraction of sp³-hybridized carbons (Fsp3) is 0.294. The van der Waals surface area contributed by atoms with Gasteiger partial charge in [0.05, 0.1) is 38.7 Å². The molecule has 2 N–H and O–H groups in total. The molecule has 1 heterocycles. The fourth-order valence-electron chi connectivity index (χ4n) is 2.36. The predicted octanol–water partition coefficient (Wildman–Crippen LogP) is 1.24. The molecule has 0 unspecified atom stereocenters. The van der Waals surface area contributed by atoms with Crippen LogP contribution in [0.25, 0.3) is 0 Å². The lowest BCUT2D eigenvalue weighted by molar-refractivity contribution is 0.0599. The molecule has 0 aliphatic heterocycles. The number of benzene rings is 1. The van der Waals surface area contributed by atoms with Crippen LogP contribution in [0.2, 0.25) is 0 Å². The summed E-state index contributed by atoms with van der Waals surface area (Å²) in [6.07, 6.45) is 0. The van der Waals surface area contributed by atoms with Crippen LogP contribution in [0.15, 0.2) is 24.3 Å². The first-order chi connectivity index (χ1) is 13.7. The second-order valence-corrected chi connectivity index (χ2v) is 7.41. The van der Waals surface area contributed by atoms with Crippen molar-refractivity contribution in [2.24, 2.45) is 0 Å². The minimum Gasteiger partial charge on any atom is -0.481 e. The Morgan fingerprint density at radius 1 is 1.07 bits per heavy atom. The molecule has 0 atom stereocenters. The van der Waals surface area contributed by atoms with Crippen LogP contribution in [0, 0.1) is 6.92 Å². The minimum absolute atomic E-state index is 0.0964. The number of methoxy groups -OCH3 is 3. The van der Waals surface area contributed by atoms with E-state index >= 15 is 0 Å². The summed E-state index contributed by atoms with van der Waals surface area (Å²) in [5.41, 5.74) is 0.873. The normalized spacial score (nSPS) is 10.8. The van der Waals surface area contributed by atoms with E-state index in [0.717, 1.165) is 0 Å². The molecule has 29 heavy (non-hydrogen) atoms. The van der Waals surface area contributed by atoms with Gasteiger partial charge < -0.3 is 14.2 Å². The van der Waals surface area contributed by atoms with E-state index in [2.05, 4.69) is 20.0 Å². The highest BCUT2D eigenvalue weighted by molar-refractivity contribution is 7.89. The summed E-state index contributed by atoms with van der Waals surface area (Å²) in [5, 5.41) is 2.19. The summed E-state index contributed by atoms with van der Waals surface area (Å²) in [6.45, 7) is 1.65. The average molecular weight is 424 g/mol. The first-order valence-electron chi connectivity index (χ1n) is 8.14. The first kappa shape index (κ1) is 21.9. The molecule has 0 saturated heterocycles. The summed E-state index contributed by atoms with van der Waals surface area (Å²) >= 11 is 0. The number of aromatic nitrogens is 2. The second-order valence-electron chi connectivity index (χ2n) is 5.68. The number of ether oxygens (including phenoxy) is 3. The van der Waals surface area contributed by atoms with Crippen molar-refractivity contribution >= 4 is 28.0 Å². The Hall–Kier alpha value is -3.41. The van der Waals surface area contributed by atoms with Gasteiger partial charge in [-0.2, -0.15) is 9.97 Å². The van der Waals surface area contributed by atoms with Crippen LogP contribution >= 0.6 is 0 Å². The van der Waals surface area contributed by atoms with Crippen LogP contribution < -0.4 is 19.5 Å². The van der Waals surface area contributed by atoms with Crippen molar-refractivity contribution in [3.63, 3.8) is 0 Å². The smallest absolute Gasteiger partial charge is 0.338 e. The number of hydrogen-bond acceptors (Lipinski definition) is 9. The highest BCUT2D eigenvalue weighted by atomic mass is 32.2. The third-order valence-corrected chi connectivity index (χ3v) is 4.89. The number of urea groups is 1. The number of sulfonamides is 1. The largest absolute Gasteiger partial charge is 0.481 e. The maximum atomic E-state index is 12.4. The standard InChI is InChI=1S/C17H20N4O7S/c1-10-6-5-7-11(15(22)28-4)12(10)9-29(24,25)21-17(23)20-16-18-13(26-2)8-14(19-16)27-3/h5-8H,9H2,1-4H3,(H2,18,19,20,21,23). The van der Waals surface area contributed by atoms with E-state index in [-0.39, 0.29) is 28.8 Å². The van der Waals surface area contributed by atoms with Gasteiger partial charge in [-0.15, -0.1) is 0 Å². The molecule has 156 valence electrons. The number of nitrogens with one attached hydrogen (secondary N) is 2. The van der Waals surface area contributed by atoms with Gasteiger partial charge in [0.2, 0.25) is 27.7 Å². The van der Waals surface area contributed by atoms with Crippen molar-refractivity contribution in [1.29, 1.82) is 0 Å². The Bertz CT molecular complexity index is 1000. The number of nitrogens with zero attached hydrogens (tertiary/aromatic N) is 2. The molecule has 12 heteroatoms. The number of amides is 2. The molecule has 1 aromatic heterocycles. The number of hydrogen-bond donors (Lipinski definition) is 2. The van der Waals surface area contributed by atoms with E-state index in [1.165, 1.54) is 33.5 Å². The van der Waals surface area contributed by atoms with Gasteiger partial charge in [-0.05, 0) is 24.1 Å². The van der Waals surface area contributed by atoms with E-state index in [9.17, 15) is 18.0 Å². The maximum Gasteiger partial charge on any atom is 0.338 e. The zero-order chi connectivity index (χ0) is 21.6. The van der Waals surface area contributed by atoms with Crippen LogP contribution in [0.3, 0.4) is 0 Å². The Labute approximate surface area is 167 Å². The predicted molar refractivity (Wildman–Crippen MR) is 102 cm³/mol. The van der Waals surface area contributed by atoms with Crippen LogP contribution in [-0.4, -0.2) is 51.7 Å².